The molecule has 122 valence electrons. The largest absolute Gasteiger partial charge is 0.248 e. The summed E-state index contributed by atoms with van der Waals surface area (Å²) in [7, 11) is 0. The first-order chi connectivity index (χ1) is 11.2. The monoisotopic (exact) mass is 312 g/mol. The summed E-state index contributed by atoms with van der Waals surface area (Å²) < 4.78 is 12.7. The van der Waals surface area contributed by atoms with Crippen molar-refractivity contribution in [3.05, 3.63) is 60.4 Å². The molecule has 1 aromatic carbocycles. The second-order valence-corrected chi connectivity index (χ2v) is 5.98. The Morgan fingerprint density at radius 1 is 1.04 bits per heavy atom. The average molecular weight is 312 g/mol. The van der Waals surface area contributed by atoms with Crippen LogP contribution in [0.5, 0.6) is 0 Å². The first-order valence-electron chi connectivity index (χ1n) is 8.34. The molecule has 0 aliphatic carbocycles. The lowest BCUT2D eigenvalue weighted by Gasteiger charge is -2.05. The molecule has 0 saturated carbocycles. The molecule has 2 aromatic rings. The maximum absolute atomic E-state index is 12.7. The third kappa shape index (κ3) is 5.93. The molecule has 0 amide bonds. The van der Waals surface area contributed by atoms with Gasteiger partial charge in [-0.05, 0) is 43.7 Å². The lowest BCUT2D eigenvalue weighted by atomic mass is 10.1. The molecule has 1 aromatic heterocycles. The van der Waals surface area contributed by atoms with Crippen LogP contribution in [0.15, 0.2) is 49.3 Å². The Hall–Kier alpha value is -2.03. The molecule has 0 saturated heterocycles. The summed E-state index contributed by atoms with van der Waals surface area (Å²) in [5.41, 5.74) is 3.41. The van der Waals surface area contributed by atoms with Gasteiger partial charge < -0.3 is 0 Å². The maximum atomic E-state index is 12.7. The summed E-state index contributed by atoms with van der Waals surface area (Å²) in [5, 5.41) is 0. The molecule has 0 radical (unpaired) electrons. The number of unbranched alkanes of at least 4 members (excludes halogenated alkanes) is 2. The fraction of sp³-hybridized carbons (Fsp3) is 0.400. The highest BCUT2D eigenvalue weighted by molar-refractivity contribution is 5.55. The molecule has 0 aliphatic rings. The van der Waals surface area contributed by atoms with Gasteiger partial charge in [0.1, 0.15) is 0 Å². The van der Waals surface area contributed by atoms with Crippen molar-refractivity contribution in [3.63, 3.8) is 0 Å². The van der Waals surface area contributed by atoms with Gasteiger partial charge in [-0.25, -0.2) is 14.4 Å². The zero-order valence-corrected chi connectivity index (χ0v) is 13.8. The second-order valence-electron chi connectivity index (χ2n) is 5.98. The Labute approximate surface area is 138 Å². The SMILES string of the molecule is C=CCc1ccc(-c2ncc(CCCCCC(C)F)cn2)cc1. The van der Waals surface area contributed by atoms with Crippen LogP contribution in [0.4, 0.5) is 4.39 Å². The van der Waals surface area contributed by atoms with Crippen molar-refractivity contribution in [3.8, 4) is 11.4 Å². The summed E-state index contributed by atoms with van der Waals surface area (Å²) >= 11 is 0. The smallest absolute Gasteiger partial charge is 0.159 e. The number of hydrogen-bond acceptors (Lipinski definition) is 2. The van der Waals surface area contributed by atoms with E-state index in [4.69, 9.17) is 0 Å². The van der Waals surface area contributed by atoms with Gasteiger partial charge in [-0.3, -0.25) is 0 Å². The van der Waals surface area contributed by atoms with E-state index < -0.39 is 6.17 Å². The maximum Gasteiger partial charge on any atom is 0.159 e. The predicted octanol–water partition coefficient (Wildman–Crippen LogP) is 5.33. The van der Waals surface area contributed by atoms with Gasteiger partial charge in [0.2, 0.25) is 0 Å². The summed E-state index contributed by atoms with van der Waals surface area (Å²) in [6.45, 7) is 5.37. The van der Waals surface area contributed by atoms with Crippen LogP contribution in [0.1, 0.15) is 43.7 Å². The van der Waals surface area contributed by atoms with Crippen LogP contribution in [-0.2, 0) is 12.8 Å². The molecule has 1 atom stereocenters. The average Bonchev–Trinajstić information content (AvgIpc) is 2.56. The van der Waals surface area contributed by atoms with E-state index in [2.05, 4.69) is 28.7 Å². The summed E-state index contributed by atoms with van der Waals surface area (Å²) in [6.07, 6.45) is 10.6. The van der Waals surface area contributed by atoms with Crippen LogP contribution in [0.2, 0.25) is 0 Å². The van der Waals surface area contributed by atoms with Crippen molar-refractivity contribution in [1.82, 2.24) is 9.97 Å². The number of nitrogens with zero attached hydrogens (tertiary/aromatic N) is 2. The molecule has 0 aliphatic heterocycles. The number of benzene rings is 1. The Morgan fingerprint density at radius 2 is 1.74 bits per heavy atom. The summed E-state index contributed by atoms with van der Waals surface area (Å²) in [4.78, 5) is 8.92. The predicted molar refractivity (Wildman–Crippen MR) is 94.1 cm³/mol. The summed E-state index contributed by atoms with van der Waals surface area (Å²) in [6, 6.07) is 8.26. The van der Waals surface area contributed by atoms with E-state index in [1.54, 1.807) is 6.92 Å². The number of aromatic nitrogens is 2. The van der Waals surface area contributed by atoms with Crippen LogP contribution >= 0.6 is 0 Å². The molecular weight excluding hydrogens is 287 g/mol. The Kier molecular flexibility index (Phi) is 6.92. The van der Waals surface area contributed by atoms with Crippen molar-refractivity contribution in [1.29, 1.82) is 0 Å². The van der Waals surface area contributed by atoms with Crippen molar-refractivity contribution in [2.75, 3.05) is 0 Å². The van der Waals surface area contributed by atoms with Gasteiger partial charge >= 0.3 is 0 Å². The van der Waals surface area contributed by atoms with E-state index in [0.29, 0.717) is 6.42 Å². The molecule has 23 heavy (non-hydrogen) atoms. The van der Waals surface area contributed by atoms with Gasteiger partial charge in [0.05, 0.1) is 6.17 Å². The molecule has 0 N–H and O–H groups in total. The minimum Gasteiger partial charge on any atom is -0.248 e. The number of alkyl halides is 1. The van der Waals surface area contributed by atoms with Crippen molar-refractivity contribution >= 4 is 0 Å². The highest BCUT2D eigenvalue weighted by Gasteiger charge is 2.03. The highest BCUT2D eigenvalue weighted by atomic mass is 19.1. The van der Waals surface area contributed by atoms with E-state index in [0.717, 1.165) is 49.1 Å². The van der Waals surface area contributed by atoms with Gasteiger partial charge in [-0.15, -0.1) is 6.58 Å². The van der Waals surface area contributed by atoms with Gasteiger partial charge in [-0.1, -0.05) is 43.2 Å². The Bertz CT molecular complexity index is 588. The lowest BCUT2D eigenvalue weighted by molar-refractivity contribution is 0.330. The third-order valence-electron chi connectivity index (χ3n) is 3.86. The number of halogens is 1. The number of aryl methyl sites for hydroxylation is 1. The van der Waals surface area contributed by atoms with Gasteiger partial charge in [0.25, 0.3) is 0 Å². The normalized spacial score (nSPS) is 12.1. The molecular formula is C20H25FN2. The molecule has 2 rings (SSSR count). The van der Waals surface area contributed by atoms with Gasteiger partial charge in [0.15, 0.2) is 5.82 Å². The zero-order chi connectivity index (χ0) is 16.5. The summed E-state index contributed by atoms with van der Waals surface area (Å²) in [5.74, 6) is 0.755. The fourth-order valence-electron chi connectivity index (χ4n) is 2.52. The Morgan fingerprint density at radius 3 is 2.35 bits per heavy atom. The van der Waals surface area contributed by atoms with E-state index >= 15 is 0 Å². The quantitative estimate of drug-likeness (QED) is 0.462. The van der Waals surface area contributed by atoms with E-state index in [1.165, 1.54) is 5.56 Å². The minimum absolute atomic E-state index is 0.664. The fourth-order valence-corrected chi connectivity index (χ4v) is 2.52. The van der Waals surface area contributed by atoms with Crippen LogP contribution in [0.3, 0.4) is 0 Å². The molecule has 2 nitrogen and oxygen atoms in total. The number of allylic oxidation sites excluding steroid dienone is 1. The molecule has 1 heterocycles. The van der Waals surface area contributed by atoms with E-state index in [1.807, 2.05) is 30.6 Å². The molecule has 3 heteroatoms. The topological polar surface area (TPSA) is 25.8 Å². The molecule has 1 unspecified atom stereocenters. The molecule has 0 bridgehead atoms. The lowest BCUT2D eigenvalue weighted by Crippen LogP contribution is -1.95. The van der Waals surface area contributed by atoms with Crippen molar-refractivity contribution in [2.24, 2.45) is 0 Å². The van der Waals surface area contributed by atoms with Crippen LogP contribution in [0, 0.1) is 0 Å². The zero-order valence-electron chi connectivity index (χ0n) is 13.8. The first-order valence-corrected chi connectivity index (χ1v) is 8.34. The number of hydrogen-bond donors (Lipinski definition) is 0. The minimum atomic E-state index is -0.685. The van der Waals surface area contributed by atoms with E-state index in [9.17, 15) is 4.39 Å². The van der Waals surface area contributed by atoms with Crippen LogP contribution in [-0.4, -0.2) is 16.1 Å². The van der Waals surface area contributed by atoms with Crippen LogP contribution in [0.25, 0.3) is 11.4 Å². The molecule has 0 fully saturated rings. The van der Waals surface area contributed by atoms with Crippen molar-refractivity contribution in [2.45, 2.75) is 51.6 Å². The molecule has 0 spiro atoms. The van der Waals surface area contributed by atoms with Crippen molar-refractivity contribution < 1.29 is 4.39 Å². The van der Waals surface area contributed by atoms with Gasteiger partial charge in [0, 0.05) is 18.0 Å². The second kappa shape index (κ2) is 9.19. The first kappa shape index (κ1) is 17.3. The van der Waals surface area contributed by atoms with Crippen LogP contribution < -0.4 is 0 Å². The van der Waals surface area contributed by atoms with E-state index in [-0.39, 0.29) is 0 Å². The standard InChI is InChI=1S/C20H25FN2/c1-3-7-17-10-12-19(13-11-17)20-22-14-18(15-23-20)9-6-4-5-8-16(2)21/h3,10-16H,1,4-9H2,2H3. The van der Waals surface area contributed by atoms with Gasteiger partial charge in [-0.2, -0.15) is 0 Å². The third-order valence-corrected chi connectivity index (χ3v) is 3.86. The Balaban J connectivity index is 1.85. The number of rotatable bonds is 9. The highest BCUT2D eigenvalue weighted by Crippen LogP contribution is 2.16.